The van der Waals surface area contributed by atoms with E-state index >= 15 is 0 Å². The van der Waals surface area contributed by atoms with Crippen LogP contribution in [0.25, 0.3) is 0 Å². The van der Waals surface area contributed by atoms with Crippen molar-refractivity contribution in [3.63, 3.8) is 0 Å². The number of nitrogens with zero attached hydrogens (tertiary/aromatic N) is 1. The second kappa shape index (κ2) is 13.6. The molecule has 2 aromatic rings. The summed E-state index contributed by atoms with van der Waals surface area (Å²) in [6, 6.07) is 15.0. The van der Waals surface area contributed by atoms with E-state index in [1.807, 2.05) is 55.5 Å². The summed E-state index contributed by atoms with van der Waals surface area (Å²) < 4.78 is 5.26. The molecule has 1 saturated carbocycles. The molecule has 184 valence electrons. The van der Waals surface area contributed by atoms with Crippen LogP contribution in [-0.4, -0.2) is 41.7 Å². The van der Waals surface area contributed by atoms with E-state index < -0.39 is 6.04 Å². The van der Waals surface area contributed by atoms with Crippen molar-refractivity contribution >= 4 is 35.2 Å². The van der Waals surface area contributed by atoms with Crippen LogP contribution in [0.2, 0.25) is 5.02 Å². The third kappa shape index (κ3) is 7.67. The van der Waals surface area contributed by atoms with Gasteiger partial charge >= 0.3 is 0 Å². The summed E-state index contributed by atoms with van der Waals surface area (Å²) in [5.74, 6) is 1.60. The number of nitrogens with one attached hydrogen (secondary N) is 1. The first-order valence-corrected chi connectivity index (χ1v) is 13.6. The average Bonchev–Trinajstić information content (AvgIpc) is 2.86. The number of hydrogen-bond donors (Lipinski definition) is 1. The van der Waals surface area contributed by atoms with Gasteiger partial charge in [-0.2, -0.15) is 0 Å². The Morgan fingerprint density at radius 3 is 2.47 bits per heavy atom. The van der Waals surface area contributed by atoms with E-state index in [2.05, 4.69) is 5.32 Å². The molecule has 0 heterocycles. The van der Waals surface area contributed by atoms with Crippen LogP contribution in [0.5, 0.6) is 5.75 Å². The summed E-state index contributed by atoms with van der Waals surface area (Å²) in [6.07, 6.45) is 6.12. The van der Waals surface area contributed by atoms with E-state index in [0.717, 1.165) is 42.6 Å². The molecule has 0 aliphatic heterocycles. The predicted molar refractivity (Wildman–Crippen MR) is 140 cm³/mol. The first-order chi connectivity index (χ1) is 16.5. The Morgan fingerprint density at radius 1 is 1.12 bits per heavy atom. The van der Waals surface area contributed by atoms with Gasteiger partial charge in [0.05, 0.1) is 12.9 Å². The monoisotopic (exact) mass is 502 g/mol. The first-order valence-electron chi connectivity index (χ1n) is 12.1. The minimum atomic E-state index is -0.502. The second-order valence-corrected chi connectivity index (χ2v) is 10.1. The van der Waals surface area contributed by atoms with Crippen LogP contribution in [0.4, 0.5) is 0 Å². The van der Waals surface area contributed by atoms with Crippen molar-refractivity contribution < 1.29 is 14.3 Å². The van der Waals surface area contributed by atoms with Gasteiger partial charge in [-0.25, -0.2) is 0 Å². The lowest BCUT2D eigenvalue weighted by atomic mass is 9.95. The number of ether oxygens (including phenoxy) is 1. The highest BCUT2D eigenvalue weighted by Crippen LogP contribution is 2.23. The zero-order valence-electron chi connectivity index (χ0n) is 20.1. The van der Waals surface area contributed by atoms with Gasteiger partial charge in [-0.1, -0.05) is 68.1 Å². The third-order valence-corrected chi connectivity index (χ3v) is 7.63. The molecule has 3 rings (SSSR count). The van der Waals surface area contributed by atoms with E-state index in [1.54, 1.807) is 12.0 Å². The highest BCUT2D eigenvalue weighted by atomic mass is 35.5. The largest absolute Gasteiger partial charge is 0.497 e. The van der Waals surface area contributed by atoms with E-state index in [0.29, 0.717) is 23.7 Å². The van der Waals surface area contributed by atoms with Gasteiger partial charge < -0.3 is 15.0 Å². The lowest BCUT2D eigenvalue weighted by Crippen LogP contribution is -2.52. The van der Waals surface area contributed by atoms with E-state index in [1.165, 1.54) is 18.2 Å². The van der Waals surface area contributed by atoms with Crippen molar-refractivity contribution in [3.05, 3.63) is 64.7 Å². The van der Waals surface area contributed by atoms with Crippen LogP contribution in [0.3, 0.4) is 0 Å². The lowest BCUT2D eigenvalue weighted by Gasteiger charge is -2.32. The number of thioether (sulfide) groups is 1. The number of benzene rings is 2. The zero-order valence-corrected chi connectivity index (χ0v) is 21.7. The lowest BCUT2D eigenvalue weighted by molar-refractivity contribution is -0.139. The van der Waals surface area contributed by atoms with E-state index in [4.69, 9.17) is 16.3 Å². The van der Waals surface area contributed by atoms with Crippen molar-refractivity contribution in [1.29, 1.82) is 0 Å². The van der Waals surface area contributed by atoms with Crippen LogP contribution < -0.4 is 10.1 Å². The molecule has 1 aliphatic rings. The molecule has 0 radical (unpaired) electrons. The van der Waals surface area contributed by atoms with Crippen molar-refractivity contribution in [2.45, 2.75) is 69.8 Å². The summed E-state index contributed by atoms with van der Waals surface area (Å²) in [7, 11) is 1.63. The maximum atomic E-state index is 13.4. The average molecular weight is 503 g/mol. The Morgan fingerprint density at radius 2 is 1.82 bits per heavy atom. The smallest absolute Gasteiger partial charge is 0.243 e. The maximum Gasteiger partial charge on any atom is 0.243 e. The number of carbonyl (C=O) groups is 2. The van der Waals surface area contributed by atoms with Gasteiger partial charge in [0.1, 0.15) is 11.8 Å². The minimum Gasteiger partial charge on any atom is -0.497 e. The fourth-order valence-corrected chi connectivity index (χ4v) is 5.53. The Labute approximate surface area is 212 Å². The fraction of sp³-hybridized carbons (Fsp3) is 0.481. The second-order valence-electron chi connectivity index (χ2n) is 8.72. The number of halogens is 1. The highest BCUT2D eigenvalue weighted by molar-refractivity contribution is 7.99. The molecule has 34 heavy (non-hydrogen) atoms. The molecule has 2 amide bonds. The van der Waals surface area contributed by atoms with Gasteiger partial charge in [0.25, 0.3) is 0 Å². The standard InChI is InChI=1S/C27H35ClN2O3S/c1-3-25(27(32)29-22-10-5-4-6-11-22)30(17-20-13-15-23(33-2)16-14-20)26(31)19-34-18-21-9-7-8-12-24(21)28/h7-9,12-16,22,25H,3-6,10-11,17-19H2,1-2H3,(H,29,32). The summed E-state index contributed by atoms with van der Waals surface area (Å²) in [5, 5.41) is 3.93. The van der Waals surface area contributed by atoms with Gasteiger partial charge in [-0.3, -0.25) is 9.59 Å². The van der Waals surface area contributed by atoms with Crippen molar-refractivity contribution in [2.75, 3.05) is 12.9 Å². The molecule has 1 fully saturated rings. The van der Waals surface area contributed by atoms with Crippen LogP contribution in [0, 0.1) is 0 Å². The van der Waals surface area contributed by atoms with Gasteiger partial charge in [-0.15, -0.1) is 11.8 Å². The van der Waals surface area contributed by atoms with Crippen molar-refractivity contribution in [2.24, 2.45) is 0 Å². The Hall–Kier alpha value is -2.18. The SMILES string of the molecule is CCC(C(=O)NC1CCCCC1)N(Cc1ccc(OC)cc1)C(=O)CSCc1ccccc1Cl. The van der Waals surface area contributed by atoms with Gasteiger partial charge in [0.2, 0.25) is 11.8 Å². The maximum absolute atomic E-state index is 13.4. The van der Waals surface area contributed by atoms with Crippen molar-refractivity contribution in [1.82, 2.24) is 10.2 Å². The molecule has 1 aliphatic carbocycles. The van der Waals surface area contributed by atoms with Crippen LogP contribution in [-0.2, 0) is 21.9 Å². The number of rotatable bonds is 11. The molecule has 7 heteroatoms. The van der Waals surface area contributed by atoms with E-state index in [9.17, 15) is 9.59 Å². The van der Waals surface area contributed by atoms with Crippen LogP contribution in [0.1, 0.15) is 56.6 Å². The van der Waals surface area contributed by atoms with E-state index in [-0.39, 0.29) is 23.6 Å². The number of carbonyl (C=O) groups excluding carboxylic acids is 2. The summed E-state index contributed by atoms with van der Waals surface area (Å²) in [6.45, 7) is 2.35. The Bertz CT molecular complexity index is 932. The van der Waals surface area contributed by atoms with Gasteiger partial charge in [-0.05, 0) is 48.6 Å². The topological polar surface area (TPSA) is 58.6 Å². The molecule has 2 aromatic carbocycles. The molecule has 1 atom stereocenters. The molecular weight excluding hydrogens is 468 g/mol. The minimum absolute atomic E-state index is 0.0430. The molecule has 0 bridgehead atoms. The Balaban J connectivity index is 1.71. The third-order valence-electron chi connectivity index (χ3n) is 6.29. The van der Waals surface area contributed by atoms with Crippen LogP contribution >= 0.6 is 23.4 Å². The zero-order chi connectivity index (χ0) is 24.3. The first kappa shape index (κ1) is 26.4. The number of amides is 2. The van der Waals surface area contributed by atoms with Gasteiger partial charge in [0.15, 0.2) is 0 Å². The highest BCUT2D eigenvalue weighted by Gasteiger charge is 2.30. The fourth-order valence-electron chi connectivity index (χ4n) is 4.34. The molecule has 1 N–H and O–H groups in total. The molecule has 0 saturated heterocycles. The summed E-state index contributed by atoms with van der Waals surface area (Å²) >= 11 is 7.79. The molecular formula is C27H35ClN2O3S. The summed E-state index contributed by atoms with van der Waals surface area (Å²) in [4.78, 5) is 28.4. The number of hydrogen-bond acceptors (Lipinski definition) is 4. The molecule has 0 aromatic heterocycles. The molecule has 1 unspecified atom stereocenters. The Kier molecular flexibility index (Phi) is 10.6. The van der Waals surface area contributed by atoms with Crippen molar-refractivity contribution in [3.8, 4) is 5.75 Å². The van der Waals surface area contributed by atoms with Gasteiger partial charge in [0, 0.05) is 23.4 Å². The summed E-state index contributed by atoms with van der Waals surface area (Å²) in [5.41, 5.74) is 1.97. The van der Waals surface area contributed by atoms with Crippen LogP contribution in [0.15, 0.2) is 48.5 Å². The predicted octanol–water partition coefficient (Wildman–Crippen LogP) is 5.84. The quantitative estimate of drug-likeness (QED) is 0.419. The normalized spacial score (nSPS) is 14.9. The number of methoxy groups -OCH3 is 1. The molecule has 0 spiro atoms. The molecule has 5 nitrogen and oxygen atoms in total.